The summed E-state index contributed by atoms with van der Waals surface area (Å²) in [5, 5.41) is 0.598. The van der Waals surface area contributed by atoms with Crippen molar-refractivity contribution < 1.29 is 9.53 Å². The Bertz CT molecular complexity index is 189. The van der Waals surface area contributed by atoms with E-state index < -0.39 is 0 Å². The second-order valence-electron chi connectivity index (χ2n) is 4.13. The van der Waals surface area contributed by atoms with Gasteiger partial charge in [-0.25, -0.2) is 0 Å². The van der Waals surface area contributed by atoms with Crippen molar-refractivity contribution >= 4 is 17.7 Å². The van der Waals surface area contributed by atoms with Crippen LogP contribution in [0.4, 0.5) is 0 Å². The zero-order chi connectivity index (χ0) is 10.0. The van der Waals surface area contributed by atoms with E-state index >= 15 is 0 Å². The molecule has 1 aliphatic rings. The monoisotopic (exact) mass is 202 g/mol. The number of ether oxygens (including phenoxy) is 1. The number of hydrogen-bond donors (Lipinski definition) is 0. The van der Waals surface area contributed by atoms with E-state index in [2.05, 4.69) is 27.7 Å². The highest BCUT2D eigenvalue weighted by molar-refractivity contribution is 7.99. The number of hydrogen-bond acceptors (Lipinski definition) is 3. The molecule has 3 heteroatoms. The van der Waals surface area contributed by atoms with Gasteiger partial charge in [-0.15, -0.1) is 0 Å². The van der Waals surface area contributed by atoms with Gasteiger partial charge in [0, 0.05) is 5.75 Å². The molecule has 0 saturated carbocycles. The standard InChI is InChI=1S/C10H18O2S/c1-6(2)9-8(10(11)12-9)5-13-7(3)4/h6-9H,5H2,1-4H3/t8-,9-/m0/s1. The molecule has 0 aromatic carbocycles. The molecule has 1 fully saturated rings. The quantitative estimate of drug-likeness (QED) is 0.654. The van der Waals surface area contributed by atoms with Crippen LogP contribution < -0.4 is 0 Å². The highest BCUT2D eigenvalue weighted by Crippen LogP contribution is 2.32. The molecule has 13 heavy (non-hydrogen) atoms. The van der Waals surface area contributed by atoms with Crippen molar-refractivity contribution in [2.45, 2.75) is 39.0 Å². The minimum absolute atomic E-state index is 0.00755. The predicted molar refractivity (Wildman–Crippen MR) is 55.8 cm³/mol. The molecule has 0 bridgehead atoms. The topological polar surface area (TPSA) is 26.3 Å². The Morgan fingerprint density at radius 1 is 1.38 bits per heavy atom. The Hall–Kier alpha value is -0.180. The summed E-state index contributed by atoms with van der Waals surface area (Å²) in [5.41, 5.74) is 0. The first-order chi connectivity index (χ1) is 6.02. The summed E-state index contributed by atoms with van der Waals surface area (Å²) < 4.78 is 5.09. The molecule has 0 radical (unpaired) electrons. The van der Waals surface area contributed by atoms with Gasteiger partial charge in [-0.05, 0) is 11.2 Å². The maximum Gasteiger partial charge on any atom is 0.313 e. The smallest absolute Gasteiger partial charge is 0.313 e. The molecule has 2 nitrogen and oxygen atoms in total. The summed E-state index contributed by atoms with van der Waals surface area (Å²) in [6.07, 6.45) is 0.166. The number of rotatable bonds is 4. The molecule has 2 atom stereocenters. The Morgan fingerprint density at radius 2 is 2.00 bits per heavy atom. The maximum absolute atomic E-state index is 11.1. The summed E-state index contributed by atoms with van der Waals surface area (Å²) in [6.45, 7) is 8.51. The third-order valence-electron chi connectivity index (χ3n) is 2.22. The molecule has 0 aromatic rings. The molecule has 0 amide bonds. The van der Waals surface area contributed by atoms with Gasteiger partial charge in [0.2, 0.25) is 0 Å². The molecule has 76 valence electrons. The number of cyclic esters (lactones) is 1. The summed E-state index contributed by atoms with van der Waals surface area (Å²) in [7, 11) is 0. The van der Waals surface area contributed by atoms with E-state index in [-0.39, 0.29) is 18.0 Å². The summed E-state index contributed by atoms with van der Waals surface area (Å²) in [6, 6.07) is 0. The van der Waals surface area contributed by atoms with Gasteiger partial charge in [-0.3, -0.25) is 4.79 Å². The summed E-state index contributed by atoms with van der Waals surface area (Å²) >= 11 is 1.84. The summed E-state index contributed by atoms with van der Waals surface area (Å²) in [5.74, 6) is 1.51. The van der Waals surface area contributed by atoms with Gasteiger partial charge in [0.1, 0.15) is 12.0 Å². The first-order valence-electron chi connectivity index (χ1n) is 4.84. The molecule has 0 unspecified atom stereocenters. The van der Waals surface area contributed by atoms with Crippen LogP contribution in [0.1, 0.15) is 27.7 Å². The molecule has 1 aliphatic heterocycles. The fourth-order valence-electron chi connectivity index (χ4n) is 1.43. The van der Waals surface area contributed by atoms with Crippen molar-refractivity contribution in [3.05, 3.63) is 0 Å². The van der Waals surface area contributed by atoms with E-state index in [1.807, 2.05) is 11.8 Å². The maximum atomic E-state index is 11.1. The second kappa shape index (κ2) is 4.36. The summed E-state index contributed by atoms with van der Waals surface area (Å²) in [4.78, 5) is 11.1. The lowest BCUT2D eigenvalue weighted by molar-refractivity contribution is -0.187. The minimum Gasteiger partial charge on any atom is -0.461 e. The predicted octanol–water partition coefficient (Wildman–Crippen LogP) is 2.33. The lowest BCUT2D eigenvalue weighted by Crippen LogP contribution is -2.49. The molecular formula is C10H18O2S. The van der Waals surface area contributed by atoms with Gasteiger partial charge in [-0.2, -0.15) is 11.8 Å². The number of carbonyl (C=O) groups excluding carboxylic acids is 1. The first kappa shape index (κ1) is 10.9. The fraction of sp³-hybridized carbons (Fsp3) is 0.900. The van der Waals surface area contributed by atoms with E-state index in [1.165, 1.54) is 0 Å². The van der Waals surface area contributed by atoms with Gasteiger partial charge in [-0.1, -0.05) is 27.7 Å². The lowest BCUT2D eigenvalue weighted by atomic mass is 9.90. The molecule has 0 spiro atoms. The Kier molecular flexibility index (Phi) is 3.65. The van der Waals surface area contributed by atoms with Crippen LogP contribution in [0, 0.1) is 11.8 Å². The van der Waals surface area contributed by atoms with E-state index in [4.69, 9.17) is 4.74 Å². The Morgan fingerprint density at radius 3 is 2.38 bits per heavy atom. The molecule has 1 heterocycles. The number of esters is 1. The SMILES string of the molecule is CC(C)SC[C@@H]1C(=O)O[C@H]1C(C)C. The normalized spacial score (nSPS) is 27.7. The molecule has 1 rings (SSSR count). The van der Waals surface area contributed by atoms with Gasteiger partial charge < -0.3 is 4.74 Å². The molecule has 0 aromatic heterocycles. The second-order valence-corrected chi connectivity index (χ2v) is 5.74. The van der Waals surface area contributed by atoms with Crippen LogP contribution in [0.5, 0.6) is 0 Å². The van der Waals surface area contributed by atoms with Gasteiger partial charge >= 0.3 is 5.97 Å². The van der Waals surface area contributed by atoms with Gasteiger partial charge in [0.15, 0.2) is 0 Å². The molecule has 1 saturated heterocycles. The largest absolute Gasteiger partial charge is 0.461 e. The zero-order valence-electron chi connectivity index (χ0n) is 8.74. The van der Waals surface area contributed by atoms with Crippen molar-refractivity contribution in [2.24, 2.45) is 11.8 Å². The molecule has 0 N–H and O–H groups in total. The number of carbonyl (C=O) groups is 1. The Labute approximate surface area is 84.4 Å². The minimum atomic E-state index is -0.00755. The van der Waals surface area contributed by atoms with Crippen LogP contribution in [-0.4, -0.2) is 23.1 Å². The van der Waals surface area contributed by atoms with Crippen LogP contribution in [-0.2, 0) is 9.53 Å². The van der Waals surface area contributed by atoms with Crippen molar-refractivity contribution in [2.75, 3.05) is 5.75 Å². The highest BCUT2D eigenvalue weighted by Gasteiger charge is 2.43. The van der Waals surface area contributed by atoms with E-state index in [0.717, 1.165) is 5.75 Å². The third kappa shape index (κ3) is 2.63. The van der Waals surface area contributed by atoms with E-state index in [0.29, 0.717) is 11.2 Å². The van der Waals surface area contributed by atoms with E-state index in [1.54, 1.807) is 0 Å². The van der Waals surface area contributed by atoms with E-state index in [9.17, 15) is 4.79 Å². The first-order valence-corrected chi connectivity index (χ1v) is 5.89. The molecular weight excluding hydrogens is 184 g/mol. The average molecular weight is 202 g/mol. The zero-order valence-corrected chi connectivity index (χ0v) is 9.56. The van der Waals surface area contributed by atoms with Crippen LogP contribution in [0.2, 0.25) is 0 Å². The van der Waals surface area contributed by atoms with Gasteiger partial charge in [0.05, 0.1) is 0 Å². The van der Waals surface area contributed by atoms with Gasteiger partial charge in [0.25, 0.3) is 0 Å². The Balaban J connectivity index is 2.34. The third-order valence-corrected chi connectivity index (χ3v) is 3.44. The fourth-order valence-corrected chi connectivity index (χ4v) is 2.34. The lowest BCUT2D eigenvalue weighted by Gasteiger charge is -2.37. The van der Waals surface area contributed by atoms with Crippen LogP contribution in [0.15, 0.2) is 0 Å². The number of thioether (sulfide) groups is 1. The van der Waals surface area contributed by atoms with Crippen molar-refractivity contribution in [1.29, 1.82) is 0 Å². The average Bonchev–Trinajstić information content (AvgIpc) is 1.99. The van der Waals surface area contributed by atoms with Crippen molar-refractivity contribution in [1.82, 2.24) is 0 Å². The van der Waals surface area contributed by atoms with Crippen LogP contribution in [0.25, 0.3) is 0 Å². The van der Waals surface area contributed by atoms with Crippen molar-refractivity contribution in [3.8, 4) is 0 Å². The highest BCUT2D eigenvalue weighted by atomic mass is 32.2. The molecule has 0 aliphatic carbocycles. The van der Waals surface area contributed by atoms with Crippen LogP contribution in [0.3, 0.4) is 0 Å². The van der Waals surface area contributed by atoms with Crippen molar-refractivity contribution in [3.63, 3.8) is 0 Å². The van der Waals surface area contributed by atoms with Crippen LogP contribution >= 0.6 is 11.8 Å².